The Bertz CT molecular complexity index is 683. The van der Waals surface area contributed by atoms with Gasteiger partial charge in [-0.1, -0.05) is 55.5 Å². The summed E-state index contributed by atoms with van der Waals surface area (Å²) >= 11 is 0. The highest BCUT2D eigenvalue weighted by molar-refractivity contribution is 5.96. The fourth-order valence-corrected chi connectivity index (χ4v) is 2.85. The molecule has 0 saturated heterocycles. The lowest BCUT2D eigenvalue weighted by atomic mass is 9.97. The maximum Gasteiger partial charge on any atom is 0.313 e. The zero-order chi connectivity index (χ0) is 18.2. The van der Waals surface area contributed by atoms with Crippen LogP contribution in [0.3, 0.4) is 0 Å². The molecule has 4 nitrogen and oxygen atoms in total. The molecule has 0 fully saturated rings. The summed E-state index contributed by atoms with van der Waals surface area (Å²) in [6, 6.07) is 18.9. The Morgan fingerprint density at radius 1 is 0.960 bits per heavy atom. The standard InChI is InChI=1S/C21H25NO3/c1-4-19(17-11-7-5-8-12-17)21(24)25-15-20(23)22(16(2)3)18-13-9-6-10-14-18/h5-14,16,19H,4,15H2,1-3H3/t19-/m0/s1. The van der Waals surface area contributed by atoms with E-state index in [0.717, 1.165) is 11.3 Å². The van der Waals surface area contributed by atoms with Crippen LogP contribution in [0.25, 0.3) is 0 Å². The quantitative estimate of drug-likeness (QED) is 0.712. The molecule has 132 valence electrons. The van der Waals surface area contributed by atoms with Crippen LogP contribution in [-0.2, 0) is 14.3 Å². The Balaban J connectivity index is 2.03. The number of esters is 1. The number of hydrogen-bond acceptors (Lipinski definition) is 3. The van der Waals surface area contributed by atoms with Crippen LogP contribution in [0.4, 0.5) is 5.69 Å². The third-order valence-corrected chi connectivity index (χ3v) is 4.05. The van der Waals surface area contributed by atoms with Gasteiger partial charge in [-0.3, -0.25) is 9.59 Å². The van der Waals surface area contributed by atoms with E-state index in [2.05, 4.69) is 0 Å². The van der Waals surface area contributed by atoms with Gasteiger partial charge in [-0.05, 0) is 38.0 Å². The first kappa shape index (κ1) is 18.7. The van der Waals surface area contributed by atoms with Crippen molar-refractivity contribution < 1.29 is 14.3 Å². The highest BCUT2D eigenvalue weighted by Gasteiger charge is 2.24. The molecule has 0 aliphatic heterocycles. The second kappa shape index (κ2) is 9.02. The molecule has 2 aromatic rings. The van der Waals surface area contributed by atoms with E-state index in [1.165, 1.54) is 0 Å². The maximum absolute atomic E-state index is 12.6. The average molecular weight is 339 g/mol. The van der Waals surface area contributed by atoms with Gasteiger partial charge in [0.1, 0.15) is 0 Å². The van der Waals surface area contributed by atoms with Crippen LogP contribution in [0.15, 0.2) is 60.7 Å². The van der Waals surface area contributed by atoms with Crippen LogP contribution >= 0.6 is 0 Å². The summed E-state index contributed by atoms with van der Waals surface area (Å²) in [5.74, 6) is -0.936. The van der Waals surface area contributed by atoms with E-state index in [1.807, 2.05) is 81.4 Å². The number of carbonyl (C=O) groups is 2. The Morgan fingerprint density at radius 3 is 2.04 bits per heavy atom. The molecule has 0 radical (unpaired) electrons. The second-order valence-electron chi connectivity index (χ2n) is 6.17. The molecular formula is C21H25NO3. The van der Waals surface area contributed by atoms with Gasteiger partial charge >= 0.3 is 5.97 Å². The molecule has 0 heterocycles. The summed E-state index contributed by atoms with van der Waals surface area (Å²) in [6.45, 7) is 5.55. The molecule has 0 aliphatic rings. The first-order chi connectivity index (χ1) is 12.0. The first-order valence-electron chi connectivity index (χ1n) is 8.63. The highest BCUT2D eigenvalue weighted by atomic mass is 16.5. The van der Waals surface area contributed by atoms with Crippen molar-refractivity contribution in [3.8, 4) is 0 Å². The molecule has 0 bridgehead atoms. The summed E-state index contributed by atoms with van der Waals surface area (Å²) in [5, 5.41) is 0. The predicted molar refractivity (Wildman–Crippen MR) is 99.5 cm³/mol. The van der Waals surface area contributed by atoms with Crippen molar-refractivity contribution in [2.24, 2.45) is 0 Å². The van der Waals surface area contributed by atoms with Crippen LogP contribution in [0.5, 0.6) is 0 Å². The van der Waals surface area contributed by atoms with Gasteiger partial charge in [-0.2, -0.15) is 0 Å². The van der Waals surface area contributed by atoms with Crippen LogP contribution in [0, 0.1) is 0 Å². The smallest absolute Gasteiger partial charge is 0.313 e. The molecule has 2 rings (SSSR count). The van der Waals surface area contributed by atoms with Gasteiger partial charge in [-0.15, -0.1) is 0 Å². The van der Waals surface area contributed by atoms with Crippen LogP contribution in [-0.4, -0.2) is 24.5 Å². The largest absolute Gasteiger partial charge is 0.455 e. The molecule has 0 aromatic heterocycles. The van der Waals surface area contributed by atoms with Gasteiger partial charge in [0.05, 0.1) is 5.92 Å². The molecule has 0 spiro atoms. The second-order valence-corrected chi connectivity index (χ2v) is 6.17. The molecular weight excluding hydrogens is 314 g/mol. The summed E-state index contributed by atoms with van der Waals surface area (Å²) in [7, 11) is 0. The van der Waals surface area contributed by atoms with Crippen molar-refractivity contribution in [2.75, 3.05) is 11.5 Å². The number of ether oxygens (including phenoxy) is 1. The third kappa shape index (κ3) is 4.92. The van der Waals surface area contributed by atoms with Crippen molar-refractivity contribution >= 4 is 17.6 Å². The zero-order valence-electron chi connectivity index (χ0n) is 15.0. The van der Waals surface area contributed by atoms with E-state index in [-0.39, 0.29) is 30.4 Å². The molecule has 0 unspecified atom stereocenters. The molecule has 2 aromatic carbocycles. The fourth-order valence-electron chi connectivity index (χ4n) is 2.85. The van der Waals surface area contributed by atoms with E-state index in [1.54, 1.807) is 4.90 Å². The number of nitrogens with zero attached hydrogens (tertiary/aromatic N) is 1. The van der Waals surface area contributed by atoms with Gasteiger partial charge in [0.15, 0.2) is 6.61 Å². The van der Waals surface area contributed by atoms with Crippen molar-refractivity contribution in [3.63, 3.8) is 0 Å². The monoisotopic (exact) mass is 339 g/mol. The SMILES string of the molecule is CC[C@H](C(=O)OCC(=O)N(c1ccccc1)C(C)C)c1ccccc1. The Morgan fingerprint density at radius 2 is 1.52 bits per heavy atom. The summed E-state index contributed by atoms with van der Waals surface area (Å²) < 4.78 is 5.33. The lowest BCUT2D eigenvalue weighted by Gasteiger charge is -2.27. The van der Waals surface area contributed by atoms with Crippen molar-refractivity contribution in [1.29, 1.82) is 0 Å². The number of benzene rings is 2. The van der Waals surface area contributed by atoms with Crippen LogP contribution in [0.1, 0.15) is 38.7 Å². The summed E-state index contributed by atoms with van der Waals surface area (Å²) in [5.41, 5.74) is 1.71. The van der Waals surface area contributed by atoms with E-state index in [0.29, 0.717) is 6.42 Å². The van der Waals surface area contributed by atoms with E-state index in [4.69, 9.17) is 4.74 Å². The Kier molecular flexibility index (Phi) is 6.75. The minimum atomic E-state index is -0.362. The molecule has 1 atom stereocenters. The molecule has 0 N–H and O–H groups in total. The lowest BCUT2D eigenvalue weighted by Crippen LogP contribution is -2.40. The molecule has 25 heavy (non-hydrogen) atoms. The normalized spacial score (nSPS) is 11.8. The topological polar surface area (TPSA) is 46.6 Å². The fraction of sp³-hybridized carbons (Fsp3) is 0.333. The van der Waals surface area contributed by atoms with Crippen LogP contribution in [0.2, 0.25) is 0 Å². The third-order valence-electron chi connectivity index (χ3n) is 4.05. The summed E-state index contributed by atoms with van der Waals surface area (Å²) in [6.07, 6.45) is 0.629. The first-order valence-corrected chi connectivity index (χ1v) is 8.63. The Hall–Kier alpha value is -2.62. The molecule has 0 saturated carbocycles. The van der Waals surface area contributed by atoms with E-state index >= 15 is 0 Å². The number of para-hydroxylation sites is 1. The number of rotatable bonds is 7. The van der Waals surface area contributed by atoms with Gasteiger partial charge in [-0.25, -0.2) is 0 Å². The van der Waals surface area contributed by atoms with Crippen LogP contribution < -0.4 is 4.90 Å². The highest BCUT2D eigenvalue weighted by Crippen LogP contribution is 2.21. The lowest BCUT2D eigenvalue weighted by molar-refractivity contribution is -0.149. The predicted octanol–water partition coefficient (Wildman–Crippen LogP) is 4.17. The minimum absolute atomic E-state index is 0.0234. The van der Waals surface area contributed by atoms with Gasteiger partial charge < -0.3 is 9.64 Å². The molecule has 4 heteroatoms. The van der Waals surface area contributed by atoms with E-state index in [9.17, 15) is 9.59 Å². The maximum atomic E-state index is 12.6. The summed E-state index contributed by atoms with van der Waals surface area (Å²) in [4.78, 5) is 26.7. The van der Waals surface area contributed by atoms with Crippen molar-refractivity contribution in [3.05, 3.63) is 66.2 Å². The minimum Gasteiger partial charge on any atom is -0.455 e. The van der Waals surface area contributed by atoms with Crippen molar-refractivity contribution in [1.82, 2.24) is 0 Å². The van der Waals surface area contributed by atoms with Gasteiger partial charge in [0.2, 0.25) is 0 Å². The zero-order valence-corrected chi connectivity index (χ0v) is 15.0. The van der Waals surface area contributed by atoms with Gasteiger partial charge in [0, 0.05) is 11.7 Å². The Labute approximate surface area is 149 Å². The number of anilines is 1. The number of carbonyl (C=O) groups excluding carboxylic acids is 2. The number of hydrogen-bond donors (Lipinski definition) is 0. The van der Waals surface area contributed by atoms with Crippen molar-refractivity contribution in [2.45, 2.75) is 39.2 Å². The molecule has 1 amide bonds. The van der Waals surface area contributed by atoms with E-state index < -0.39 is 0 Å². The number of amides is 1. The molecule has 0 aliphatic carbocycles. The average Bonchev–Trinajstić information content (AvgIpc) is 2.62. The van der Waals surface area contributed by atoms with Gasteiger partial charge in [0.25, 0.3) is 5.91 Å².